The van der Waals surface area contributed by atoms with E-state index in [0.717, 1.165) is 11.6 Å². The van der Waals surface area contributed by atoms with Gasteiger partial charge >= 0.3 is 11.9 Å². The van der Waals surface area contributed by atoms with E-state index in [1.807, 2.05) is 0 Å². The molecular weight excluding hydrogens is 312 g/mol. The summed E-state index contributed by atoms with van der Waals surface area (Å²) >= 11 is 0. The summed E-state index contributed by atoms with van der Waals surface area (Å²) < 4.78 is 4.95. The average Bonchev–Trinajstić information content (AvgIpc) is 2.56. The Balaban J connectivity index is 2.01. The maximum Gasteiger partial charge on any atom is 0.345 e. The van der Waals surface area contributed by atoms with Gasteiger partial charge in [-0.3, -0.25) is 0 Å². The first-order chi connectivity index (χ1) is 11.5. The molecule has 2 rings (SSSR count). The molecule has 0 aromatic heterocycles. The van der Waals surface area contributed by atoms with Gasteiger partial charge in [-0.05, 0) is 29.3 Å². The molecule has 6 heteroatoms. The van der Waals surface area contributed by atoms with Gasteiger partial charge in [0.15, 0.2) is 11.5 Å². The van der Waals surface area contributed by atoms with Gasteiger partial charge in [0, 0.05) is 12.5 Å². The molecule has 124 valence electrons. The summed E-state index contributed by atoms with van der Waals surface area (Å²) in [6, 6.07) is 12.9. The predicted octanol–water partition coefficient (Wildman–Crippen LogP) is 2.35. The van der Waals surface area contributed by atoms with Crippen molar-refractivity contribution >= 4 is 18.0 Å². The van der Waals surface area contributed by atoms with E-state index in [9.17, 15) is 24.9 Å². The maximum absolute atomic E-state index is 11.8. The van der Waals surface area contributed by atoms with E-state index in [-0.39, 0.29) is 17.9 Å². The number of phenolic OH excluding ortho intramolecular Hbond substituents is 2. The fraction of sp³-hybridized carbons (Fsp3) is 0.111. The van der Waals surface area contributed by atoms with E-state index in [4.69, 9.17) is 4.74 Å². The van der Waals surface area contributed by atoms with Gasteiger partial charge in [-0.2, -0.15) is 0 Å². The Bertz CT molecular complexity index is 751. The number of aromatic hydroxyl groups is 2. The van der Waals surface area contributed by atoms with Crippen molar-refractivity contribution < 1.29 is 29.6 Å². The fourth-order valence-electron chi connectivity index (χ4n) is 2.00. The fourth-order valence-corrected chi connectivity index (χ4v) is 2.00. The van der Waals surface area contributed by atoms with Crippen LogP contribution in [0.5, 0.6) is 11.5 Å². The zero-order valence-electron chi connectivity index (χ0n) is 12.6. The Morgan fingerprint density at radius 1 is 1.04 bits per heavy atom. The molecule has 0 aliphatic rings. The quantitative estimate of drug-likeness (QED) is 0.427. The summed E-state index contributed by atoms with van der Waals surface area (Å²) in [5, 5.41) is 27.8. The number of carboxylic acid groups (broad SMARTS) is 1. The molecule has 2 aromatic carbocycles. The third-order valence-corrected chi connectivity index (χ3v) is 3.21. The number of carboxylic acids is 1. The molecular formula is C18H16O6. The lowest BCUT2D eigenvalue weighted by Gasteiger charge is -2.12. The number of ether oxygens (including phenoxy) is 1. The van der Waals surface area contributed by atoms with E-state index < -0.39 is 18.0 Å². The summed E-state index contributed by atoms with van der Waals surface area (Å²) in [7, 11) is 0. The minimum absolute atomic E-state index is 0.0652. The minimum Gasteiger partial charge on any atom is -0.504 e. The number of phenols is 2. The van der Waals surface area contributed by atoms with Crippen LogP contribution in [0.3, 0.4) is 0 Å². The zero-order valence-corrected chi connectivity index (χ0v) is 12.6. The van der Waals surface area contributed by atoms with E-state index in [1.165, 1.54) is 24.3 Å². The molecule has 3 N–H and O–H groups in total. The van der Waals surface area contributed by atoms with Crippen LogP contribution in [-0.4, -0.2) is 33.4 Å². The highest BCUT2D eigenvalue weighted by Gasteiger charge is 2.21. The molecule has 2 aromatic rings. The van der Waals surface area contributed by atoms with Crippen molar-refractivity contribution in [2.75, 3.05) is 0 Å². The summed E-state index contributed by atoms with van der Waals surface area (Å²) in [5.41, 5.74) is 1.20. The van der Waals surface area contributed by atoms with Gasteiger partial charge in [-0.25, -0.2) is 9.59 Å². The van der Waals surface area contributed by atoms with Crippen LogP contribution in [0.25, 0.3) is 6.08 Å². The molecule has 0 radical (unpaired) electrons. The van der Waals surface area contributed by atoms with Crippen molar-refractivity contribution in [1.29, 1.82) is 0 Å². The molecule has 0 spiro atoms. The number of rotatable bonds is 6. The maximum atomic E-state index is 11.8. The van der Waals surface area contributed by atoms with Crippen molar-refractivity contribution in [2.45, 2.75) is 12.5 Å². The lowest BCUT2D eigenvalue weighted by molar-refractivity contribution is -0.160. The van der Waals surface area contributed by atoms with Crippen molar-refractivity contribution in [2.24, 2.45) is 0 Å². The molecule has 0 bridgehead atoms. The Labute approximate surface area is 138 Å². The van der Waals surface area contributed by atoms with Crippen LogP contribution >= 0.6 is 0 Å². The van der Waals surface area contributed by atoms with Crippen LogP contribution in [0.4, 0.5) is 0 Å². The smallest absolute Gasteiger partial charge is 0.345 e. The number of benzene rings is 2. The molecule has 24 heavy (non-hydrogen) atoms. The molecule has 0 aliphatic carbocycles. The van der Waals surface area contributed by atoms with Gasteiger partial charge in [-0.1, -0.05) is 36.4 Å². The molecule has 0 fully saturated rings. The Kier molecular flexibility index (Phi) is 5.57. The lowest BCUT2D eigenvalue weighted by atomic mass is 10.1. The second-order valence-electron chi connectivity index (χ2n) is 5.03. The average molecular weight is 328 g/mol. The molecule has 1 atom stereocenters. The first kappa shape index (κ1) is 17.1. The summed E-state index contributed by atoms with van der Waals surface area (Å²) in [6.45, 7) is 0. The van der Waals surface area contributed by atoms with Crippen molar-refractivity contribution in [1.82, 2.24) is 0 Å². The number of carbonyl (C=O) groups excluding carboxylic acids is 1. The van der Waals surface area contributed by atoms with Crippen molar-refractivity contribution in [3.8, 4) is 11.5 Å². The van der Waals surface area contributed by atoms with Gasteiger partial charge in [0.1, 0.15) is 0 Å². The molecule has 0 saturated carbocycles. The third kappa shape index (κ3) is 4.88. The highest BCUT2D eigenvalue weighted by molar-refractivity contribution is 5.89. The number of carbonyl (C=O) groups is 2. The molecule has 0 amide bonds. The van der Waals surface area contributed by atoms with Gasteiger partial charge in [0.25, 0.3) is 0 Å². The number of hydrogen-bond donors (Lipinski definition) is 3. The molecule has 0 heterocycles. The van der Waals surface area contributed by atoms with Crippen molar-refractivity contribution in [3.63, 3.8) is 0 Å². The summed E-state index contributed by atoms with van der Waals surface area (Å²) in [6.07, 6.45) is 1.18. The standard InChI is InChI=1S/C18H16O6/c19-14-8-6-13(10-15(14)20)7-9-17(21)24-16(18(22)23)11-12-4-2-1-3-5-12/h1-10,16,19-20H,11H2,(H,22,23)/b9-7+. The van der Waals surface area contributed by atoms with Crippen LogP contribution in [0.1, 0.15) is 11.1 Å². The second kappa shape index (κ2) is 7.82. The van der Waals surface area contributed by atoms with Crippen LogP contribution in [0.2, 0.25) is 0 Å². The van der Waals surface area contributed by atoms with Crippen LogP contribution < -0.4 is 0 Å². The van der Waals surface area contributed by atoms with E-state index in [0.29, 0.717) is 5.56 Å². The molecule has 0 aliphatic heterocycles. The van der Waals surface area contributed by atoms with E-state index >= 15 is 0 Å². The first-order valence-corrected chi connectivity index (χ1v) is 7.13. The van der Waals surface area contributed by atoms with Crippen LogP contribution in [0.15, 0.2) is 54.6 Å². The second-order valence-corrected chi connectivity index (χ2v) is 5.03. The van der Waals surface area contributed by atoms with E-state index in [1.54, 1.807) is 30.3 Å². The van der Waals surface area contributed by atoms with Gasteiger partial charge in [-0.15, -0.1) is 0 Å². The summed E-state index contributed by atoms with van der Waals surface area (Å²) in [4.78, 5) is 23.0. The normalized spacial score (nSPS) is 12.0. The number of hydrogen-bond acceptors (Lipinski definition) is 5. The third-order valence-electron chi connectivity index (χ3n) is 3.21. The Hall–Kier alpha value is -3.28. The lowest BCUT2D eigenvalue weighted by Crippen LogP contribution is -2.28. The highest BCUT2D eigenvalue weighted by atomic mass is 16.6. The van der Waals surface area contributed by atoms with E-state index in [2.05, 4.69) is 0 Å². The van der Waals surface area contributed by atoms with Crippen molar-refractivity contribution in [3.05, 3.63) is 65.7 Å². The molecule has 6 nitrogen and oxygen atoms in total. The SMILES string of the molecule is O=C(/C=C/c1ccc(O)c(O)c1)OC(Cc1ccccc1)C(=O)O. The van der Waals surface area contributed by atoms with Gasteiger partial charge in [0.05, 0.1) is 0 Å². The Morgan fingerprint density at radius 3 is 2.38 bits per heavy atom. The van der Waals surface area contributed by atoms with Gasteiger partial charge in [0.2, 0.25) is 6.10 Å². The number of esters is 1. The monoisotopic (exact) mass is 328 g/mol. The predicted molar refractivity (Wildman–Crippen MR) is 86.5 cm³/mol. The molecule has 1 unspecified atom stereocenters. The zero-order chi connectivity index (χ0) is 17.5. The van der Waals surface area contributed by atoms with Gasteiger partial charge < -0.3 is 20.1 Å². The largest absolute Gasteiger partial charge is 0.504 e. The topological polar surface area (TPSA) is 104 Å². The van der Waals surface area contributed by atoms with Crippen LogP contribution in [0, 0.1) is 0 Å². The minimum atomic E-state index is -1.29. The highest BCUT2D eigenvalue weighted by Crippen LogP contribution is 2.25. The first-order valence-electron chi connectivity index (χ1n) is 7.13. The number of aliphatic carboxylic acids is 1. The molecule has 0 saturated heterocycles. The van der Waals surface area contributed by atoms with Crippen LogP contribution in [-0.2, 0) is 20.7 Å². The Morgan fingerprint density at radius 2 is 1.75 bits per heavy atom. The summed E-state index contributed by atoms with van der Waals surface area (Å²) in [5.74, 6) is -2.64.